The lowest BCUT2D eigenvalue weighted by Crippen LogP contribution is -2.28. The third kappa shape index (κ3) is 3.73. The van der Waals surface area contributed by atoms with Crippen LogP contribution in [0.15, 0.2) is 40.3 Å². The number of carbonyl (C=O) groups is 1. The summed E-state index contributed by atoms with van der Waals surface area (Å²) in [6, 6.07) is 8.77. The highest BCUT2D eigenvalue weighted by Crippen LogP contribution is 2.23. The van der Waals surface area contributed by atoms with E-state index in [2.05, 4.69) is 10.3 Å². The van der Waals surface area contributed by atoms with E-state index in [1.54, 1.807) is 0 Å². The van der Waals surface area contributed by atoms with Crippen molar-refractivity contribution < 1.29 is 9.90 Å². The first-order valence-electron chi connectivity index (χ1n) is 7.36. The Hall–Kier alpha value is -2.28. The summed E-state index contributed by atoms with van der Waals surface area (Å²) in [5.74, 6) is -0.283. The van der Waals surface area contributed by atoms with Crippen LogP contribution >= 0.6 is 11.8 Å². The van der Waals surface area contributed by atoms with Gasteiger partial charge in [-0.25, -0.2) is 0 Å². The zero-order valence-corrected chi connectivity index (χ0v) is 13.5. The molecule has 0 radical (unpaired) electrons. The Morgan fingerprint density at radius 1 is 1.43 bits per heavy atom. The van der Waals surface area contributed by atoms with Crippen LogP contribution in [0.3, 0.4) is 0 Å². The van der Waals surface area contributed by atoms with Crippen LogP contribution in [-0.4, -0.2) is 32.4 Å². The van der Waals surface area contributed by atoms with Crippen LogP contribution in [0.25, 0.3) is 5.69 Å². The first-order valence-corrected chi connectivity index (χ1v) is 8.34. The van der Waals surface area contributed by atoms with Crippen LogP contribution < -0.4 is 10.9 Å². The molecule has 1 aromatic carbocycles. The molecule has 1 saturated carbocycles. The molecule has 7 heteroatoms. The number of aryl methyl sites for hydroxylation is 1. The highest BCUT2D eigenvalue weighted by Gasteiger charge is 2.23. The third-order valence-electron chi connectivity index (χ3n) is 3.51. The number of hydrogen-bond donors (Lipinski definition) is 2. The summed E-state index contributed by atoms with van der Waals surface area (Å²) in [6.07, 6.45) is 2.05. The van der Waals surface area contributed by atoms with E-state index in [-0.39, 0.29) is 23.1 Å². The second-order valence-electron chi connectivity index (χ2n) is 5.49. The molecule has 1 fully saturated rings. The summed E-state index contributed by atoms with van der Waals surface area (Å²) in [5.41, 5.74) is 1.22. The molecule has 1 heterocycles. The average molecular weight is 331 g/mol. The molecule has 0 unspecified atom stereocenters. The molecule has 3 rings (SSSR count). The summed E-state index contributed by atoms with van der Waals surface area (Å²) in [6.45, 7) is 1.89. The molecule has 0 atom stereocenters. The van der Waals surface area contributed by atoms with Gasteiger partial charge in [0.1, 0.15) is 0 Å². The molecule has 2 N–H and O–H groups in total. The SMILES string of the molecule is Cc1ccccc1-n1c(SCC(=O)NC2CC2)nc(O)cc1=O. The van der Waals surface area contributed by atoms with Gasteiger partial charge in [-0.15, -0.1) is 0 Å². The average Bonchev–Trinajstić information content (AvgIpc) is 3.30. The fourth-order valence-electron chi connectivity index (χ4n) is 2.21. The predicted molar refractivity (Wildman–Crippen MR) is 88.1 cm³/mol. The Bertz CT molecular complexity index is 799. The normalized spacial score (nSPS) is 13.8. The van der Waals surface area contributed by atoms with Crippen LogP contribution in [0, 0.1) is 6.92 Å². The molecule has 0 saturated heterocycles. The zero-order valence-electron chi connectivity index (χ0n) is 12.7. The van der Waals surface area contributed by atoms with Gasteiger partial charge in [0, 0.05) is 6.04 Å². The number of benzene rings is 1. The van der Waals surface area contributed by atoms with Crippen molar-refractivity contribution in [2.45, 2.75) is 31.0 Å². The molecule has 1 aromatic heterocycles. The maximum absolute atomic E-state index is 12.3. The molecule has 6 nitrogen and oxygen atoms in total. The Balaban J connectivity index is 1.90. The predicted octanol–water partition coefficient (Wildman–Crippen LogP) is 1.62. The number of nitrogens with zero attached hydrogens (tertiary/aromatic N) is 2. The van der Waals surface area contributed by atoms with Crippen molar-refractivity contribution in [1.29, 1.82) is 0 Å². The van der Waals surface area contributed by atoms with Gasteiger partial charge >= 0.3 is 0 Å². The molecular weight excluding hydrogens is 314 g/mol. The number of rotatable bonds is 5. The zero-order chi connectivity index (χ0) is 16.4. The van der Waals surface area contributed by atoms with Crippen molar-refractivity contribution in [2.24, 2.45) is 0 Å². The van der Waals surface area contributed by atoms with Gasteiger partial charge in [0.15, 0.2) is 5.16 Å². The van der Waals surface area contributed by atoms with E-state index < -0.39 is 0 Å². The van der Waals surface area contributed by atoms with Crippen molar-refractivity contribution in [3.05, 3.63) is 46.2 Å². The van der Waals surface area contributed by atoms with Gasteiger partial charge < -0.3 is 10.4 Å². The maximum Gasteiger partial charge on any atom is 0.262 e. The minimum atomic E-state index is -0.378. The molecule has 0 aliphatic heterocycles. The van der Waals surface area contributed by atoms with Crippen LogP contribution in [0.5, 0.6) is 5.88 Å². The van der Waals surface area contributed by atoms with Crippen LogP contribution in [0.2, 0.25) is 0 Å². The number of carbonyl (C=O) groups excluding carboxylic acids is 1. The number of thioether (sulfide) groups is 1. The third-order valence-corrected chi connectivity index (χ3v) is 4.44. The van der Waals surface area contributed by atoms with E-state index in [9.17, 15) is 14.7 Å². The summed E-state index contributed by atoms with van der Waals surface area (Å²) in [7, 11) is 0. The van der Waals surface area contributed by atoms with Gasteiger partial charge in [-0.2, -0.15) is 4.98 Å². The second kappa shape index (κ2) is 6.45. The molecular formula is C16H17N3O3S. The smallest absolute Gasteiger partial charge is 0.262 e. The van der Waals surface area contributed by atoms with Gasteiger partial charge in [0.05, 0.1) is 17.5 Å². The van der Waals surface area contributed by atoms with Crippen molar-refractivity contribution in [2.75, 3.05) is 5.75 Å². The largest absolute Gasteiger partial charge is 0.493 e. The Morgan fingerprint density at radius 2 is 2.17 bits per heavy atom. The van der Waals surface area contributed by atoms with Crippen molar-refractivity contribution in [3.63, 3.8) is 0 Å². The molecule has 1 amide bonds. The Labute approximate surface area is 137 Å². The Kier molecular flexibility index (Phi) is 4.38. The second-order valence-corrected chi connectivity index (χ2v) is 6.43. The van der Waals surface area contributed by atoms with Gasteiger partial charge in [-0.1, -0.05) is 30.0 Å². The minimum Gasteiger partial charge on any atom is -0.493 e. The quantitative estimate of drug-likeness (QED) is 0.642. The molecule has 2 aromatic rings. The number of amides is 1. The molecule has 0 spiro atoms. The van der Waals surface area contributed by atoms with Crippen LogP contribution in [-0.2, 0) is 4.79 Å². The van der Waals surface area contributed by atoms with Crippen molar-refractivity contribution in [3.8, 4) is 11.6 Å². The van der Waals surface area contributed by atoms with Gasteiger partial charge in [-0.05, 0) is 31.4 Å². The number of hydrogen-bond acceptors (Lipinski definition) is 5. The first-order chi connectivity index (χ1) is 11.0. The first kappa shape index (κ1) is 15.6. The van der Waals surface area contributed by atoms with E-state index in [1.807, 2.05) is 31.2 Å². The topological polar surface area (TPSA) is 84.2 Å². The van der Waals surface area contributed by atoms with Crippen molar-refractivity contribution in [1.82, 2.24) is 14.9 Å². The Morgan fingerprint density at radius 3 is 2.87 bits per heavy atom. The molecule has 1 aliphatic rings. The summed E-state index contributed by atoms with van der Waals surface area (Å²) < 4.78 is 1.42. The van der Waals surface area contributed by atoms with Crippen LogP contribution in [0.1, 0.15) is 18.4 Å². The minimum absolute atomic E-state index is 0.0913. The highest BCUT2D eigenvalue weighted by atomic mass is 32.2. The number of aromatic hydroxyl groups is 1. The van der Waals surface area contributed by atoms with Crippen molar-refractivity contribution >= 4 is 17.7 Å². The van der Waals surface area contributed by atoms with E-state index >= 15 is 0 Å². The summed E-state index contributed by atoms with van der Waals surface area (Å²) in [4.78, 5) is 28.2. The lowest BCUT2D eigenvalue weighted by Gasteiger charge is -2.13. The monoisotopic (exact) mass is 331 g/mol. The summed E-state index contributed by atoms with van der Waals surface area (Å²) >= 11 is 1.14. The van der Waals surface area contributed by atoms with E-state index in [0.717, 1.165) is 36.2 Å². The summed E-state index contributed by atoms with van der Waals surface area (Å²) in [5, 5.41) is 12.8. The lowest BCUT2D eigenvalue weighted by molar-refractivity contribution is -0.118. The fourth-order valence-corrected chi connectivity index (χ4v) is 3.03. The number of para-hydroxylation sites is 1. The molecule has 120 valence electrons. The standard InChI is InChI=1S/C16H17N3O3S/c1-10-4-2-3-5-12(10)19-15(22)8-13(20)18-16(19)23-9-14(21)17-11-6-7-11/h2-5,8,11,20H,6-7,9H2,1H3,(H,17,21). The lowest BCUT2D eigenvalue weighted by atomic mass is 10.2. The molecule has 23 heavy (non-hydrogen) atoms. The number of nitrogens with one attached hydrogen (secondary N) is 1. The number of aromatic nitrogens is 2. The van der Waals surface area contributed by atoms with Gasteiger partial charge in [0.25, 0.3) is 5.56 Å². The van der Waals surface area contributed by atoms with Gasteiger partial charge in [-0.3, -0.25) is 14.2 Å². The van der Waals surface area contributed by atoms with E-state index in [0.29, 0.717) is 16.9 Å². The van der Waals surface area contributed by atoms with E-state index in [1.165, 1.54) is 4.57 Å². The van der Waals surface area contributed by atoms with Gasteiger partial charge in [0.2, 0.25) is 11.8 Å². The highest BCUT2D eigenvalue weighted by molar-refractivity contribution is 7.99. The fraction of sp³-hybridized carbons (Fsp3) is 0.312. The molecule has 0 bridgehead atoms. The maximum atomic E-state index is 12.3. The van der Waals surface area contributed by atoms with E-state index in [4.69, 9.17) is 0 Å². The molecule has 1 aliphatic carbocycles. The van der Waals surface area contributed by atoms with Crippen LogP contribution in [0.4, 0.5) is 0 Å².